The van der Waals surface area contributed by atoms with Crippen molar-refractivity contribution in [3.05, 3.63) is 0 Å². The van der Waals surface area contributed by atoms with Gasteiger partial charge in [-0.2, -0.15) is 8.42 Å². The van der Waals surface area contributed by atoms with Crippen LogP contribution in [0.2, 0.25) is 0 Å². The van der Waals surface area contributed by atoms with Gasteiger partial charge in [0.1, 0.15) is 0 Å². The van der Waals surface area contributed by atoms with Crippen LogP contribution in [-0.4, -0.2) is 20.3 Å². The summed E-state index contributed by atoms with van der Waals surface area (Å²) in [5.41, 5.74) is 0. The highest BCUT2D eigenvalue weighted by Gasteiger charge is 2.42. The van der Waals surface area contributed by atoms with Crippen LogP contribution >= 0.6 is 0 Å². The van der Waals surface area contributed by atoms with Crippen molar-refractivity contribution in [2.75, 3.05) is 6.61 Å². The third-order valence-corrected chi connectivity index (χ3v) is 4.48. The van der Waals surface area contributed by atoms with E-state index >= 15 is 0 Å². The van der Waals surface area contributed by atoms with Gasteiger partial charge in [0.05, 0.1) is 11.9 Å². The molecule has 0 bridgehead atoms. The monoisotopic (exact) mass is 176 g/mol. The van der Waals surface area contributed by atoms with Gasteiger partial charge >= 0.3 is 0 Å². The van der Waals surface area contributed by atoms with E-state index in [0.717, 1.165) is 19.3 Å². The summed E-state index contributed by atoms with van der Waals surface area (Å²) in [4.78, 5) is 0. The molecule has 1 aliphatic heterocycles. The van der Waals surface area contributed by atoms with Crippen LogP contribution in [0, 0.1) is 5.92 Å². The minimum Gasteiger partial charge on any atom is -0.270 e. The summed E-state index contributed by atoms with van der Waals surface area (Å²) < 4.78 is 27.1. The van der Waals surface area contributed by atoms with Crippen LogP contribution in [0.25, 0.3) is 0 Å². The lowest BCUT2D eigenvalue weighted by atomic mass is 9.89. The van der Waals surface area contributed by atoms with Crippen molar-refractivity contribution in [3.8, 4) is 0 Å². The predicted molar refractivity (Wildman–Crippen MR) is 40.6 cm³/mol. The molecule has 1 saturated carbocycles. The fraction of sp³-hybridized carbons (Fsp3) is 1.00. The van der Waals surface area contributed by atoms with Gasteiger partial charge < -0.3 is 0 Å². The normalized spacial score (nSPS) is 41.8. The smallest absolute Gasteiger partial charge is 0.270 e. The molecule has 2 rings (SSSR count). The second kappa shape index (κ2) is 2.45. The SMILES string of the molecule is O=S1(=O)OCC2CCCCC21. The fourth-order valence-electron chi connectivity index (χ4n) is 2.01. The van der Waals surface area contributed by atoms with E-state index in [2.05, 4.69) is 0 Å². The maximum Gasteiger partial charge on any atom is 0.270 e. The number of hydrogen-bond donors (Lipinski definition) is 0. The van der Waals surface area contributed by atoms with E-state index in [0.29, 0.717) is 12.5 Å². The molecular weight excluding hydrogens is 164 g/mol. The Hall–Kier alpha value is -0.0900. The zero-order valence-corrected chi connectivity index (χ0v) is 7.14. The first kappa shape index (κ1) is 7.55. The fourth-order valence-corrected chi connectivity index (χ4v) is 3.69. The Kier molecular flexibility index (Phi) is 1.68. The predicted octanol–water partition coefficient (Wildman–Crippen LogP) is 0.905. The summed E-state index contributed by atoms with van der Waals surface area (Å²) in [6, 6.07) is 0. The summed E-state index contributed by atoms with van der Waals surface area (Å²) in [6.07, 6.45) is 4.06. The molecule has 4 heteroatoms. The minimum absolute atomic E-state index is 0.170. The largest absolute Gasteiger partial charge is 0.270 e. The van der Waals surface area contributed by atoms with Crippen molar-refractivity contribution in [3.63, 3.8) is 0 Å². The molecule has 0 N–H and O–H groups in total. The zero-order valence-electron chi connectivity index (χ0n) is 6.32. The Morgan fingerprint density at radius 1 is 1.18 bits per heavy atom. The third kappa shape index (κ3) is 1.18. The van der Waals surface area contributed by atoms with Gasteiger partial charge in [0, 0.05) is 5.92 Å². The highest BCUT2D eigenvalue weighted by Crippen LogP contribution is 2.35. The lowest BCUT2D eigenvalue weighted by molar-refractivity contribution is 0.279. The van der Waals surface area contributed by atoms with E-state index in [-0.39, 0.29) is 5.25 Å². The lowest BCUT2D eigenvalue weighted by Crippen LogP contribution is -2.25. The van der Waals surface area contributed by atoms with Gasteiger partial charge in [-0.1, -0.05) is 12.8 Å². The Morgan fingerprint density at radius 3 is 2.64 bits per heavy atom. The van der Waals surface area contributed by atoms with Gasteiger partial charge in [-0.15, -0.1) is 0 Å². The third-order valence-electron chi connectivity index (χ3n) is 2.66. The van der Waals surface area contributed by atoms with Crippen LogP contribution in [0.1, 0.15) is 25.7 Å². The van der Waals surface area contributed by atoms with E-state index in [4.69, 9.17) is 4.18 Å². The van der Waals surface area contributed by atoms with E-state index in [1.165, 1.54) is 6.42 Å². The Labute approximate surface area is 66.9 Å². The summed E-state index contributed by atoms with van der Waals surface area (Å²) in [7, 11) is -3.15. The zero-order chi connectivity index (χ0) is 7.90. The van der Waals surface area contributed by atoms with E-state index in [9.17, 15) is 8.42 Å². The molecule has 1 aliphatic carbocycles. The molecular formula is C7H12O3S. The molecule has 64 valence electrons. The summed E-state index contributed by atoms with van der Waals surface area (Å²) >= 11 is 0. The van der Waals surface area contributed by atoms with Gasteiger partial charge in [-0.25, -0.2) is 0 Å². The Bertz CT molecular complexity index is 244. The van der Waals surface area contributed by atoms with Crippen LogP contribution in [0.3, 0.4) is 0 Å². The van der Waals surface area contributed by atoms with Crippen LogP contribution < -0.4 is 0 Å². The first-order valence-electron chi connectivity index (χ1n) is 4.08. The molecule has 0 aromatic carbocycles. The second-order valence-corrected chi connectivity index (χ2v) is 5.19. The average Bonchev–Trinajstić information content (AvgIpc) is 2.29. The standard InChI is InChI=1S/C7H12O3S/c8-11(9)7-4-2-1-3-6(7)5-10-11/h6-7H,1-5H2. The van der Waals surface area contributed by atoms with Crippen LogP contribution in [0.4, 0.5) is 0 Å². The molecule has 0 spiro atoms. The van der Waals surface area contributed by atoms with Crippen LogP contribution in [-0.2, 0) is 14.3 Å². The molecule has 2 atom stereocenters. The molecule has 2 unspecified atom stereocenters. The maximum atomic E-state index is 11.2. The van der Waals surface area contributed by atoms with E-state index < -0.39 is 10.1 Å². The van der Waals surface area contributed by atoms with Crippen LogP contribution in [0.15, 0.2) is 0 Å². The Balaban J connectivity index is 2.23. The van der Waals surface area contributed by atoms with Crippen LogP contribution in [0.5, 0.6) is 0 Å². The molecule has 1 saturated heterocycles. The quantitative estimate of drug-likeness (QED) is 0.515. The van der Waals surface area contributed by atoms with Gasteiger partial charge in [-0.05, 0) is 12.8 Å². The highest BCUT2D eigenvalue weighted by atomic mass is 32.2. The number of hydrogen-bond acceptors (Lipinski definition) is 3. The summed E-state index contributed by atoms with van der Waals surface area (Å²) in [5.74, 6) is 0.300. The molecule has 11 heavy (non-hydrogen) atoms. The van der Waals surface area contributed by atoms with Crippen molar-refractivity contribution >= 4 is 10.1 Å². The van der Waals surface area contributed by atoms with Gasteiger partial charge in [0.2, 0.25) is 0 Å². The maximum absolute atomic E-state index is 11.2. The molecule has 3 nitrogen and oxygen atoms in total. The summed E-state index contributed by atoms with van der Waals surface area (Å²) in [5, 5.41) is -0.170. The first-order valence-corrected chi connectivity index (χ1v) is 5.55. The molecule has 0 aromatic heterocycles. The van der Waals surface area contributed by atoms with Gasteiger partial charge in [0.25, 0.3) is 10.1 Å². The first-order chi connectivity index (χ1) is 5.20. The molecule has 0 amide bonds. The Morgan fingerprint density at radius 2 is 1.91 bits per heavy atom. The average molecular weight is 176 g/mol. The molecule has 2 aliphatic rings. The van der Waals surface area contributed by atoms with Crippen molar-refractivity contribution in [2.24, 2.45) is 5.92 Å². The number of fused-ring (bicyclic) bond motifs is 1. The van der Waals surface area contributed by atoms with E-state index in [1.54, 1.807) is 0 Å². The molecule has 0 aromatic rings. The number of rotatable bonds is 0. The lowest BCUT2D eigenvalue weighted by Gasteiger charge is -2.20. The molecule has 1 heterocycles. The van der Waals surface area contributed by atoms with Crippen molar-refractivity contribution in [1.29, 1.82) is 0 Å². The van der Waals surface area contributed by atoms with Crippen molar-refractivity contribution < 1.29 is 12.6 Å². The van der Waals surface area contributed by atoms with Crippen molar-refractivity contribution in [1.82, 2.24) is 0 Å². The van der Waals surface area contributed by atoms with Crippen molar-refractivity contribution in [2.45, 2.75) is 30.9 Å². The van der Waals surface area contributed by atoms with E-state index in [1.807, 2.05) is 0 Å². The molecule has 2 fully saturated rings. The summed E-state index contributed by atoms with van der Waals surface area (Å²) in [6.45, 7) is 0.438. The minimum atomic E-state index is -3.15. The van der Waals surface area contributed by atoms with Gasteiger partial charge in [-0.3, -0.25) is 4.18 Å². The second-order valence-electron chi connectivity index (χ2n) is 3.36. The topological polar surface area (TPSA) is 43.4 Å². The molecule has 0 radical (unpaired) electrons. The van der Waals surface area contributed by atoms with Gasteiger partial charge in [0.15, 0.2) is 0 Å². The highest BCUT2D eigenvalue weighted by molar-refractivity contribution is 7.87.